The molecule has 2 fully saturated rings. The molecule has 0 radical (unpaired) electrons. The zero-order valence-corrected chi connectivity index (χ0v) is 16.6. The second-order valence-electron chi connectivity index (χ2n) is 6.54. The minimum atomic E-state index is -1.82. The third-order valence-electron chi connectivity index (χ3n) is 4.74. The molecule has 0 aromatic heterocycles. The number of hydrogen-bond acceptors (Lipinski definition) is 6. The van der Waals surface area contributed by atoms with Crippen LogP contribution in [0.2, 0.25) is 0 Å². The molecule has 1 aromatic carbocycles. The summed E-state index contributed by atoms with van der Waals surface area (Å²) in [7, 11) is 0. The predicted molar refractivity (Wildman–Crippen MR) is 102 cm³/mol. The summed E-state index contributed by atoms with van der Waals surface area (Å²) in [6, 6.07) is 6.37. The van der Waals surface area contributed by atoms with Gasteiger partial charge in [-0.3, -0.25) is 9.80 Å². The van der Waals surface area contributed by atoms with Crippen LogP contribution in [0, 0.1) is 0 Å². The van der Waals surface area contributed by atoms with E-state index in [0.717, 1.165) is 56.0 Å². The standard InChI is InChI=1S/C16H23BrN2O2.C2H2O4/c17-14-1-2-16(20)13(11-14)12-18-5-3-15(4-6-18)19-7-9-21-10-8-19;3-1(4)2(5)6/h1-2,11,15,20H,3-10,12H2;(H,3,4)(H,5,6). The fourth-order valence-corrected chi connectivity index (χ4v) is 3.72. The zero-order valence-electron chi connectivity index (χ0n) is 15.0. The number of nitrogens with zero attached hydrogens (tertiary/aromatic N) is 2. The quantitative estimate of drug-likeness (QED) is 0.602. The largest absolute Gasteiger partial charge is 0.508 e. The molecule has 150 valence electrons. The van der Waals surface area contributed by atoms with Crippen molar-refractivity contribution >= 4 is 27.9 Å². The lowest BCUT2D eigenvalue weighted by atomic mass is 10.0. The Bertz CT molecular complexity index is 631. The Morgan fingerprint density at radius 3 is 2.22 bits per heavy atom. The maximum Gasteiger partial charge on any atom is 0.414 e. The topological polar surface area (TPSA) is 111 Å². The lowest BCUT2D eigenvalue weighted by Gasteiger charge is -2.40. The third-order valence-corrected chi connectivity index (χ3v) is 5.23. The van der Waals surface area contributed by atoms with Crippen LogP contribution in [-0.4, -0.2) is 82.5 Å². The fourth-order valence-electron chi connectivity index (χ4n) is 3.31. The summed E-state index contributed by atoms with van der Waals surface area (Å²) in [6.07, 6.45) is 2.43. The van der Waals surface area contributed by atoms with Crippen molar-refractivity contribution in [2.24, 2.45) is 0 Å². The third kappa shape index (κ3) is 7.10. The molecule has 0 saturated carbocycles. The number of likely N-dealkylation sites (tertiary alicyclic amines) is 1. The van der Waals surface area contributed by atoms with E-state index in [0.29, 0.717) is 11.8 Å². The Balaban J connectivity index is 0.000000380. The molecular weight excluding hydrogens is 420 g/mol. The maximum absolute atomic E-state index is 9.95. The number of rotatable bonds is 3. The lowest BCUT2D eigenvalue weighted by Crippen LogP contribution is -2.48. The molecule has 0 spiro atoms. The van der Waals surface area contributed by atoms with E-state index >= 15 is 0 Å². The van der Waals surface area contributed by atoms with Gasteiger partial charge in [0.1, 0.15) is 5.75 Å². The Morgan fingerprint density at radius 2 is 1.67 bits per heavy atom. The maximum atomic E-state index is 9.95. The molecule has 0 amide bonds. The summed E-state index contributed by atoms with van der Waals surface area (Å²) in [5.41, 5.74) is 1.01. The summed E-state index contributed by atoms with van der Waals surface area (Å²) in [6.45, 7) is 6.97. The van der Waals surface area contributed by atoms with E-state index in [1.807, 2.05) is 12.1 Å². The average molecular weight is 445 g/mol. The summed E-state index contributed by atoms with van der Waals surface area (Å²) < 4.78 is 6.46. The second kappa shape index (κ2) is 10.6. The summed E-state index contributed by atoms with van der Waals surface area (Å²) in [5.74, 6) is -3.25. The molecule has 3 N–H and O–H groups in total. The number of ether oxygens (including phenoxy) is 1. The Kier molecular flexibility index (Phi) is 8.49. The average Bonchev–Trinajstić information content (AvgIpc) is 2.66. The van der Waals surface area contributed by atoms with Gasteiger partial charge in [0.25, 0.3) is 0 Å². The second-order valence-corrected chi connectivity index (χ2v) is 7.45. The molecule has 27 heavy (non-hydrogen) atoms. The Hall–Kier alpha value is -1.68. The van der Waals surface area contributed by atoms with Crippen molar-refractivity contribution in [1.29, 1.82) is 0 Å². The van der Waals surface area contributed by atoms with Gasteiger partial charge in [0.15, 0.2) is 0 Å². The predicted octanol–water partition coefficient (Wildman–Crippen LogP) is 1.61. The van der Waals surface area contributed by atoms with Gasteiger partial charge in [-0.2, -0.15) is 0 Å². The van der Waals surface area contributed by atoms with Crippen LogP contribution >= 0.6 is 15.9 Å². The number of halogens is 1. The van der Waals surface area contributed by atoms with Gasteiger partial charge in [0, 0.05) is 35.7 Å². The summed E-state index contributed by atoms with van der Waals surface area (Å²) in [5, 5.41) is 24.7. The van der Waals surface area contributed by atoms with E-state index in [4.69, 9.17) is 24.5 Å². The van der Waals surface area contributed by atoms with Crippen molar-refractivity contribution in [2.75, 3.05) is 39.4 Å². The van der Waals surface area contributed by atoms with Crippen LogP contribution in [0.3, 0.4) is 0 Å². The molecule has 0 aliphatic carbocycles. The minimum Gasteiger partial charge on any atom is -0.508 e. The van der Waals surface area contributed by atoms with E-state index in [1.165, 1.54) is 12.8 Å². The van der Waals surface area contributed by atoms with E-state index in [1.54, 1.807) is 6.07 Å². The molecule has 2 heterocycles. The van der Waals surface area contributed by atoms with Crippen LogP contribution < -0.4 is 0 Å². The van der Waals surface area contributed by atoms with E-state index in [2.05, 4.69) is 25.7 Å². The van der Waals surface area contributed by atoms with Crippen LogP contribution in [-0.2, 0) is 20.9 Å². The number of aliphatic carboxylic acids is 2. The normalized spacial score (nSPS) is 19.1. The Labute approximate surface area is 166 Å². The first kappa shape index (κ1) is 21.6. The molecule has 8 nitrogen and oxygen atoms in total. The van der Waals surface area contributed by atoms with Crippen molar-refractivity contribution in [3.63, 3.8) is 0 Å². The van der Waals surface area contributed by atoms with Gasteiger partial charge in [-0.15, -0.1) is 0 Å². The fraction of sp³-hybridized carbons (Fsp3) is 0.556. The van der Waals surface area contributed by atoms with Gasteiger partial charge in [-0.05, 0) is 44.1 Å². The van der Waals surface area contributed by atoms with Crippen LogP contribution in [0.25, 0.3) is 0 Å². The molecule has 0 atom stereocenters. The number of phenolic OH excluding ortho intramolecular Hbond substituents is 1. The van der Waals surface area contributed by atoms with E-state index in [9.17, 15) is 5.11 Å². The van der Waals surface area contributed by atoms with Crippen molar-refractivity contribution in [3.8, 4) is 5.75 Å². The van der Waals surface area contributed by atoms with Crippen LogP contribution in [0.15, 0.2) is 22.7 Å². The first-order valence-corrected chi connectivity index (χ1v) is 9.64. The smallest absolute Gasteiger partial charge is 0.414 e. The number of piperidine rings is 1. The highest BCUT2D eigenvalue weighted by atomic mass is 79.9. The van der Waals surface area contributed by atoms with Crippen molar-refractivity contribution in [1.82, 2.24) is 9.80 Å². The molecule has 2 aliphatic rings. The van der Waals surface area contributed by atoms with Gasteiger partial charge < -0.3 is 20.1 Å². The van der Waals surface area contributed by atoms with Crippen molar-refractivity contribution in [3.05, 3.63) is 28.2 Å². The Morgan fingerprint density at radius 1 is 1.07 bits per heavy atom. The molecule has 2 aliphatic heterocycles. The van der Waals surface area contributed by atoms with Crippen LogP contribution in [0.5, 0.6) is 5.75 Å². The first-order chi connectivity index (χ1) is 12.9. The van der Waals surface area contributed by atoms with Gasteiger partial charge in [0.05, 0.1) is 13.2 Å². The van der Waals surface area contributed by atoms with E-state index < -0.39 is 11.9 Å². The monoisotopic (exact) mass is 444 g/mol. The van der Waals surface area contributed by atoms with Crippen molar-refractivity contribution < 1.29 is 29.6 Å². The number of carboxylic acids is 2. The van der Waals surface area contributed by atoms with Crippen LogP contribution in [0.4, 0.5) is 0 Å². The molecule has 1 aromatic rings. The number of morpholine rings is 1. The minimum absolute atomic E-state index is 0.397. The zero-order chi connectivity index (χ0) is 19.8. The van der Waals surface area contributed by atoms with Gasteiger partial charge in [-0.25, -0.2) is 9.59 Å². The highest BCUT2D eigenvalue weighted by Gasteiger charge is 2.26. The molecule has 2 saturated heterocycles. The summed E-state index contributed by atoms with van der Waals surface area (Å²) in [4.78, 5) is 23.2. The van der Waals surface area contributed by atoms with Gasteiger partial charge in [-0.1, -0.05) is 15.9 Å². The highest BCUT2D eigenvalue weighted by Crippen LogP contribution is 2.25. The highest BCUT2D eigenvalue weighted by molar-refractivity contribution is 9.10. The molecule has 0 bridgehead atoms. The number of benzene rings is 1. The molecular formula is C18H25BrN2O6. The lowest BCUT2D eigenvalue weighted by molar-refractivity contribution is -0.159. The molecule has 3 rings (SSSR count). The number of aromatic hydroxyl groups is 1. The number of phenols is 1. The number of carboxylic acid groups (broad SMARTS) is 2. The van der Waals surface area contributed by atoms with E-state index in [-0.39, 0.29) is 0 Å². The van der Waals surface area contributed by atoms with Crippen molar-refractivity contribution in [2.45, 2.75) is 25.4 Å². The number of carbonyl (C=O) groups is 2. The summed E-state index contributed by atoms with van der Waals surface area (Å²) >= 11 is 3.47. The van der Waals surface area contributed by atoms with Gasteiger partial charge in [0.2, 0.25) is 0 Å². The SMILES string of the molecule is O=C(O)C(=O)O.Oc1ccc(Br)cc1CN1CCC(N2CCOCC2)CC1. The first-order valence-electron chi connectivity index (χ1n) is 8.84. The molecule has 0 unspecified atom stereocenters. The van der Waals surface area contributed by atoms with Gasteiger partial charge >= 0.3 is 11.9 Å². The number of hydrogen-bond donors (Lipinski definition) is 3. The molecule has 9 heteroatoms. The van der Waals surface area contributed by atoms with Crippen LogP contribution in [0.1, 0.15) is 18.4 Å².